The van der Waals surface area contributed by atoms with Gasteiger partial charge in [0.25, 0.3) is 11.3 Å². The van der Waals surface area contributed by atoms with Crippen molar-refractivity contribution in [2.24, 2.45) is 0 Å². The van der Waals surface area contributed by atoms with Crippen molar-refractivity contribution >= 4 is 12.0 Å². The number of nitro benzene ring substituents is 1. The zero-order valence-electron chi connectivity index (χ0n) is 20.2. The van der Waals surface area contributed by atoms with Crippen LogP contribution in [0, 0.1) is 10.1 Å². The van der Waals surface area contributed by atoms with Gasteiger partial charge in [0, 0.05) is 18.7 Å². The van der Waals surface area contributed by atoms with Gasteiger partial charge >= 0.3 is 12.4 Å². The molecule has 37 heavy (non-hydrogen) atoms. The number of ether oxygens (including phenoxy) is 3. The Bertz CT molecular complexity index is 1070. The van der Waals surface area contributed by atoms with E-state index in [9.17, 15) is 41.3 Å². The van der Waals surface area contributed by atoms with E-state index in [2.05, 4.69) is 9.47 Å². The fourth-order valence-corrected chi connectivity index (χ4v) is 3.86. The normalized spacial score (nSPS) is 12.5. The maximum Gasteiger partial charge on any atom is 0.430 e. The van der Waals surface area contributed by atoms with Crippen molar-refractivity contribution in [3.8, 4) is 11.5 Å². The molecule has 0 amide bonds. The van der Waals surface area contributed by atoms with Gasteiger partial charge in [-0.05, 0) is 48.2 Å². The van der Waals surface area contributed by atoms with E-state index in [1.807, 2.05) is 0 Å². The fourth-order valence-electron chi connectivity index (χ4n) is 3.86. The molecule has 0 aliphatic rings. The highest BCUT2D eigenvalue weighted by molar-refractivity contribution is 5.82. The summed E-state index contributed by atoms with van der Waals surface area (Å²) in [7, 11) is 0.900. The molecule has 2 aromatic carbocycles. The van der Waals surface area contributed by atoms with Crippen molar-refractivity contribution in [1.82, 2.24) is 0 Å². The van der Waals surface area contributed by atoms with Crippen molar-refractivity contribution in [3.05, 3.63) is 62.7 Å². The van der Waals surface area contributed by atoms with Crippen molar-refractivity contribution in [1.29, 1.82) is 0 Å². The molecule has 2 rings (SSSR count). The monoisotopic (exact) mass is 537 g/mol. The number of nitrogens with zero attached hydrogens (tertiary/aromatic N) is 1. The Kier molecular flexibility index (Phi) is 9.66. The van der Waals surface area contributed by atoms with Gasteiger partial charge in [-0.1, -0.05) is 26.7 Å². The third-order valence-corrected chi connectivity index (χ3v) is 5.42. The maximum absolute atomic E-state index is 14.1. The van der Waals surface area contributed by atoms with Gasteiger partial charge < -0.3 is 14.2 Å². The van der Waals surface area contributed by atoms with Gasteiger partial charge in [-0.3, -0.25) is 14.9 Å². The summed E-state index contributed by atoms with van der Waals surface area (Å²) in [5, 5.41) is 11.1. The van der Waals surface area contributed by atoms with Crippen LogP contribution in [0.1, 0.15) is 53.7 Å². The van der Waals surface area contributed by atoms with Crippen LogP contribution >= 0.6 is 0 Å². The second-order valence-corrected chi connectivity index (χ2v) is 8.05. The van der Waals surface area contributed by atoms with Crippen LogP contribution in [0.25, 0.3) is 0 Å². The lowest BCUT2D eigenvalue weighted by Crippen LogP contribution is -2.56. The van der Waals surface area contributed by atoms with Crippen LogP contribution in [-0.2, 0) is 27.9 Å². The summed E-state index contributed by atoms with van der Waals surface area (Å²) < 4.78 is 99.4. The second kappa shape index (κ2) is 11.9. The molecule has 0 N–H and O–H groups in total. The molecule has 0 radical (unpaired) electrons. The molecule has 0 heterocycles. The summed E-state index contributed by atoms with van der Waals surface area (Å²) in [6.45, 7) is 2.07. The summed E-state index contributed by atoms with van der Waals surface area (Å²) in [5.41, 5.74) is -6.58. The molecule has 0 saturated carbocycles. The van der Waals surface area contributed by atoms with Gasteiger partial charge in [0.05, 0.1) is 10.5 Å². The van der Waals surface area contributed by atoms with E-state index in [-0.39, 0.29) is 47.3 Å². The zero-order valence-corrected chi connectivity index (χ0v) is 20.2. The highest BCUT2D eigenvalue weighted by Crippen LogP contribution is 2.54. The highest BCUT2D eigenvalue weighted by Gasteiger charge is 2.73. The lowest BCUT2D eigenvalue weighted by Gasteiger charge is -2.37. The molecule has 0 bridgehead atoms. The Morgan fingerprint density at radius 3 is 1.89 bits per heavy atom. The number of rotatable bonds is 12. The van der Waals surface area contributed by atoms with Crippen LogP contribution < -0.4 is 4.74 Å². The Hall–Kier alpha value is -3.19. The van der Waals surface area contributed by atoms with E-state index in [0.717, 1.165) is 31.4 Å². The third-order valence-electron chi connectivity index (χ3n) is 5.42. The number of hydrogen-bond acceptors (Lipinski definition) is 6. The van der Waals surface area contributed by atoms with E-state index in [1.54, 1.807) is 13.8 Å². The SMILES string of the molecule is CCCc1cc(C(OCOC)(C(F)(F)F)C(F)(F)F)cc(CCC)c1Oc1ccc([N+](=O)[O-])c(C=O)c1. The number of carbonyl (C=O) groups is 1. The van der Waals surface area contributed by atoms with Crippen molar-refractivity contribution in [3.63, 3.8) is 0 Å². The molecule has 0 unspecified atom stereocenters. The largest absolute Gasteiger partial charge is 0.457 e. The lowest BCUT2D eigenvalue weighted by molar-refractivity contribution is -0.400. The minimum Gasteiger partial charge on any atom is -0.457 e. The van der Waals surface area contributed by atoms with E-state index < -0.39 is 40.9 Å². The van der Waals surface area contributed by atoms with Crippen molar-refractivity contribution in [2.45, 2.75) is 57.5 Å². The number of methoxy groups -OCH3 is 1. The quantitative estimate of drug-likeness (QED) is 0.0949. The first-order valence-electron chi connectivity index (χ1n) is 11.1. The number of hydrogen-bond donors (Lipinski definition) is 0. The number of aldehydes is 1. The smallest absolute Gasteiger partial charge is 0.430 e. The number of benzene rings is 2. The van der Waals surface area contributed by atoms with Crippen LogP contribution in [0.15, 0.2) is 30.3 Å². The van der Waals surface area contributed by atoms with Crippen LogP contribution in [-0.4, -0.2) is 37.5 Å². The maximum atomic E-state index is 14.1. The molecule has 2 aromatic rings. The highest BCUT2D eigenvalue weighted by atomic mass is 19.4. The van der Waals surface area contributed by atoms with E-state index in [4.69, 9.17) is 4.74 Å². The molecular weight excluding hydrogens is 512 g/mol. The predicted molar refractivity (Wildman–Crippen MR) is 120 cm³/mol. The Balaban J connectivity index is 2.82. The van der Waals surface area contributed by atoms with Gasteiger partial charge in [0.1, 0.15) is 18.3 Å². The summed E-state index contributed by atoms with van der Waals surface area (Å²) in [5.74, 6) is -0.0492. The van der Waals surface area contributed by atoms with Gasteiger partial charge in [0.15, 0.2) is 6.29 Å². The van der Waals surface area contributed by atoms with Crippen molar-refractivity contribution < 1.29 is 50.3 Å². The first kappa shape index (κ1) is 30.0. The fraction of sp³-hybridized carbons (Fsp3) is 0.458. The van der Waals surface area contributed by atoms with Gasteiger partial charge in [-0.15, -0.1) is 0 Å². The summed E-state index contributed by atoms with van der Waals surface area (Å²) in [4.78, 5) is 21.6. The van der Waals surface area contributed by atoms with E-state index >= 15 is 0 Å². The van der Waals surface area contributed by atoms with Crippen LogP contribution in [0.5, 0.6) is 11.5 Å². The molecule has 0 saturated heterocycles. The van der Waals surface area contributed by atoms with Gasteiger partial charge in [-0.2, -0.15) is 26.3 Å². The topological polar surface area (TPSA) is 87.9 Å². The summed E-state index contributed by atoms with van der Waals surface area (Å²) in [6.07, 6.45) is -10.8. The molecule has 0 fully saturated rings. The lowest BCUT2D eigenvalue weighted by atomic mass is 9.87. The standard InChI is InChI=1S/C24H25F6NO6/c1-4-6-15-10-18(22(23(25,26)27,24(28,29)30)36-14-35-3)11-16(7-5-2)21(15)37-19-8-9-20(31(33)34)17(12-19)13-32/h8-13H,4-7,14H2,1-3H3. The Morgan fingerprint density at radius 2 is 1.49 bits per heavy atom. The number of carbonyl (C=O) groups excluding carboxylic acids is 1. The molecule has 7 nitrogen and oxygen atoms in total. The molecule has 0 atom stereocenters. The summed E-state index contributed by atoms with van der Waals surface area (Å²) in [6, 6.07) is 4.74. The minimum atomic E-state index is -5.89. The number of aryl methyl sites for hydroxylation is 2. The van der Waals surface area contributed by atoms with E-state index in [1.165, 1.54) is 6.07 Å². The van der Waals surface area contributed by atoms with Gasteiger partial charge in [0.2, 0.25) is 0 Å². The number of alkyl halides is 6. The third kappa shape index (κ3) is 6.21. The van der Waals surface area contributed by atoms with Crippen LogP contribution in [0.4, 0.5) is 32.0 Å². The Labute approximate surface area is 208 Å². The molecule has 0 aromatic heterocycles. The predicted octanol–water partition coefficient (Wildman–Crippen LogP) is 7.05. The average Bonchev–Trinajstić information content (AvgIpc) is 2.79. The molecule has 204 valence electrons. The molecular formula is C24H25F6NO6. The second-order valence-electron chi connectivity index (χ2n) is 8.05. The van der Waals surface area contributed by atoms with Gasteiger partial charge in [-0.25, -0.2) is 0 Å². The molecule has 0 aliphatic heterocycles. The number of nitro groups is 1. The summed E-state index contributed by atoms with van der Waals surface area (Å²) >= 11 is 0. The molecule has 13 heteroatoms. The molecule has 0 spiro atoms. The van der Waals surface area contributed by atoms with Crippen LogP contribution in [0.3, 0.4) is 0 Å². The Morgan fingerprint density at radius 1 is 0.946 bits per heavy atom. The van der Waals surface area contributed by atoms with E-state index in [0.29, 0.717) is 12.8 Å². The zero-order chi connectivity index (χ0) is 28.0. The number of halogens is 6. The van der Waals surface area contributed by atoms with Crippen molar-refractivity contribution in [2.75, 3.05) is 13.9 Å². The first-order valence-corrected chi connectivity index (χ1v) is 11.1. The van der Waals surface area contributed by atoms with Crippen LogP contribution in [0.2, 0.25) is 0 Å². The molecule has 0 aliphatic carbocycles. The average molecular weight is 537 g/mol. The minimum absolute atomic E-state index is 0.00291. The first-order chi connectivity index (χ1) is 17.3.